The molecule has 0 atom stereocenters. The van der Waals surface area contributed by atoms with E-state index in [4.69, 9.17) is 9.47 Å². The van der Waals surface area contributed by atoms with E-state index in [2.05, 4.69) is 16.0 Å². The minimum atomic E-state index is -0.00301. The van der Waals surface area contributed by atoms with Gasteiger partial charge in [0.15, 0.2) is 0 Å². The summed E-state index contributed by atoms with van der Waals surface area (Å²) in [4.78, 5) is 10.9. The van der Waals surface area contributed by atoms with Crippen LogP contribution in [0.4, 0.5) is 0 Å². The first-order chi connectivity index (χ1) is 11.3. The Balaban J connectivity index is 0.00000232. The number of carbonyl (C=O) groups excluding carboxylic acids is 1. The van der Waals surface area contributed by atoms with Crippen LogP contribution in [0.2, 0.25) is 0 Å². The van der Waals surface area contributed by atoms with Crippen LogP contribution in [-0.2, 0) is 9.53 Å². The van der Waals surface area contributed by atoms with E-state index in [1.807, 2.05) is 44.2 Å². The molecule has 0 aliphatic carbocycles. The molecule has 0 saturated carbocycles. The Labute approximate surface area is 139 Å². The number of hydrogen-bond donors (Lipinski definition) is 3. The summed E-state index contributed by atoms with van der Waals surface area (Å²) in [5.41, 5.74) is 0. The molecule has 0 radical (unpaired) electrons. The van der Waals surface area contributed by atoms with Gasteiger partial charge in [-0.1, -0.05) is 32.0 Å². The number of benzene rings is 1. The normalized spacial score (nSPS) is 9.70. The molecule has 0 saturated heterocycles. The molecule has 0 bridgehead atoms. The van der Waals surface area contributed by atoms with E-state index in [9.17, 15) is 4.79 Å². The largest absolute Gasteiger partial charge is 0.491 e. The van der Waals surface area contributed by atoms with E-state index in [1.165, 1.54) is 0 Å². The van der Waals surface area contributed by atoms with Crippen molar-refractivity contribution in [1.29, 1.82) is 0 Å². The van der Waals surface area contributed by atoms with E-state index in [0.29, 0.717) is 26.4 Å². The molecule has 23 heavy (non-hydrogen) atoms. The Morgan fingerprint density at radius 2 is 1.65 bits per heavy atom. The Hall–Kier alpha value is -1.63. The maximum absolute atomic E-state index is 10.9. The first-order valence-corrected chi connectivity index (χ1v) is 8.20. The number of hydrogen-bond acceptors (Lipinski definition) is 5. The molecule has 1 aromatic rings. The Kier molecular flexibility index (Phi) is 15.5. The highest BCUT2D eigenvalue weighted by Crippen LogP contribution is 2.07. The highest BCUT2D eigenvalue weighted by molar-refractivity contribution is 5.77. The lowest BCUT2D eigenvalue weighted by Crippen LogP contribution is -2.36. The molecule has 0 unspecified atom stereocenters. The predicted octanol–water partition coefficient (Wildman–Crippen LogP) is 1.03. The van der Waals surface area contributed by atoms with Crippen LogP contribution in [0.1, 0.15) is 13.8 Å². The Bertz CT molecular complexity index is 375. The van der Waals surface area contributed by atoms with Crippen LogP contribution >= 0.6 is 0 Å². The fourth-order valence-corrected chi connectivity index (χ4v) is 1.57. The number of rotatable bonds is 12. The number of carbonyl (C=O) groups is 1. The van der Waals surface area contributed by atoms with E-state index >= 15 is 0 Å². The highest BCUT2D eigenvalue weighted by Gasteiger charge is 1.95. The summed E-state index contributed by atoms with van der Waals surface area (Å²) in [7, 11) is 1.63. The summed E-state index contributed by atoms with van der Waals surface area (Å²) in [6, 6.07) is 9.69. The van der Waals surface area contributed by atoms with Gasteiger partial charge >= 0.3 is 0 Å². The van der Waals surface area contributed by atoms with Crippen LogP contribution in [0.15, 0.2) is 30.3 Å². The number of nitrogens with one attached hydrogen (secondary N) is 3. The molecule has 1 amide bonds. The SMILES string of the molecule is CC.CNC(=O)CNCCNCCOCCOc1ccccc1. The van der Waals surface area contributed by atoms with E-state index in [1.54, 1.807) is 7.05 Å². The average molecular weight is 325 g/mol. The molecule has 132 valence electrons. The summed E-state index contributed by atoms with van der Waals surface area (Å²) in [6.45, 7) is 8.47. The number of amides is 1. The molecule has 1 rings (SSSR count). The van der Waals surface area contributed by atoms with Gasteiger partial charge in [-0.05, 0) is 12.1 Å². The minimum absolute atomic E-state index is 0.00301. The molecule has 6 heteroatoms. The van der Waals surface area contributed by atoms with Crippen LogP contribution in [0, 0.1) is 0 Å². The topological polar surface area (TPSA) is 71.6 Å². The van der Waals surface area contributed by atoms with Gasteiger partial charge in [-0.25, -0.2) is 0 Å². The summed E-state index contributed by atoms with van der Waals surface area (Å²) >= 11 is 0. The number of likely N-dealkylation sites (N-methyl/N-ethyl adjacent to an activating group) is 1. The zero-order chi connectivity index (χ0) is 17.2. The lowest BCUT2D eigenvalue weighted by molar-refractivity contribution is -0.119. The van der Waals surface area contributed by atoms with Crippen molar-refractivity contribution in [3.05, 3.63) is 30.3 Å². The standard InChI is InChI=1S/C15H25N3O3.C2H6/c1-16-15(19)13-18-8-7-17-9-10-20-11-12-21-14-5-3-2-4-6-14;1-2/h2-6,17-18H,7-13H2,1H3,(H,16,19);1-2H3. The second-order valence-electron chi connectivity index (χ2n) is 4.37. The van der Waals surface area contributed by atoms with Crippen LogP contribution < -0.4 is 20.7 Å². The Morgan fingerprint density at radius 3 is 2.35 bits per heavy atom. The van der Waals surface area contributed by atoms with E-state index < -0.39 is 0 Å². The first kappa shape index (κ1) is 21.4. The Morgan fingerprint density at radius 1 is 0.957 bits per heavy atom. The fraction of sp³-hybridized carbons (Fsp3) is 0.588. The van der Waals surface area contributed by atoms with Crippen molar-refractivity contribution in [1.82, 2.24) is 16.0 Å². The van der Waals surface area contributed by atoms with Gasteiger partial charge in [-0.3, -0.25) is 4.79 Å². The van der Waals surface area contributed by atoms with Gasteiger partial charge in [0.1, 0.15) is 12.4 Å². The zero-order valence-corrected chi connectivity index (χ0v) is 14.6. The van der Waals surface area contributed by atoms with E-state index in [0.717, 1.165) is 25.4 Å². The molecule has 0 aliphatic rings. The third-order valence-corrected chi connectivity index (χ3v) is 2.71. The van der Waals surface area contributed by atoms with E-state index in [-0.39, 0.29) is 5.91 Å². The zero-order valence-electron chi connectivity index (χ0n) is 14.6. The fourth-order valence-electron chi connectivity index (χ4n) is 1.57. The lowest BCUT2D eigenvalue weighted by Gasteiger charge is -2.08. The summed E-state index contributed by atoms with van der Waals surface area (Å²) in [6.07, 6.45) is 0. The van der Waals surface area contributed by atoms with Gasteiger partial charge in [0.25, 0.3) is 0 Å². The first-order valence-electron chi connectivity index (χ1n) is 8.20. The maximum Gasteiger partial charge on any atom is 0.233 e. The average Bonchev–Trinajstić information content (AvgIpc) is 2.62. The van der Waals surface area contributed by atoms with Gasteiger partial charge in [0, 0.05) is 26.7 Å². The molecular weight excluding hydrogens is 294 g/mol. The van der Waals surface area contributed by atoms with Crippen molar-refractivity contribution in [3.8, 4) is 5.75 Å². The third kappa shape index (κ3) is 13.7. The quantitative estimate of drug-likeness (QED) is 0.501. The second kappa shape index (κ2) is 16.7. The molecular formula is C17H31N3O3. The van der Waals surface area contributed by atoms with Crippen molar-refractivity contribution in [2.24, 2.45) is 0 Å². The van der Waals surface area contributed by atoms with Gasteiger partial charge in [-0.15, -0.1) is 0 Å². The molecule has 6 nitrogen and oxygen atoms in total. The van der Waals surface area contributed by atoms with Crippen LogP contribution in [-0.4, -0.2) is 59.0 Å². The molecule has 0 heterocycles. The molecule has 0 aromatic heterocycles. The van der Waals surface area contributed by atoms with Gasteiger partial charge in [0.05, 0.1) is 19.8 Å². The summed E-state index contributed by atoms with van der Waals surface area (Å²) in [5.74, 6) is 0.859. The van der Waals surface area contributed by atoms with Crippen molar-refractivity contribution in [3.63, 3.8) is 0 Å². The number of ether oxygens (including phenoxy) is 2. The van der Waals surface area contributed by atoms with Crippen molar-refractivity contribution in [2.45, 2.75) is 13.8 Å². The van der Waals surface area contributed by atoms with Gasteiger partial charge in [-0.2, -0.15) is 0 Å². The predicted molar refractivity (Wildman–Crippen MR) is 93.9 cm³/mol. The van der Waals surface area contributed by atoms with Crippen molar-refractivity contribution in [2.75, 3.05) is 53.0 Å². The van der Waals surface area contributed by atoms with Crippen LogP contribution in [0.3, 0.4) is 0 Å². The monoisotopic (exact) mass is 325 g/mol. The van der Waals surface area contributed by atoms with Gasteiger partial charge < -0.3 is 25.4 Å². The van der Waals surface area contributed by atoms with Crippen molar-refractivity contribution < 1.29 is 14.3 Å². The van der Waals surface area contributed by atoms with Crippen molar-refractivity contribution >= 4 is 5.91 Å². The summed E-state index contributed by atoms with van der Waals surface area (Å²) in [5, 5.41) is 8.81. The highest BCUT2D eigenvalue weighted by atomic mass is 16.5. The molecule has 3 N–H and O–H groups in total. The van der Waals surface area contributed by atoms with Gasteiger partial charge in [0.2, 0.25) is 5.91 Å². The molecule has 0 aliphatic heterocycles. The third-order valence-electron chi connectivity index (χ3n) is 2.71. The summed E-state index contributed by atoms with van der Waals surface area (Å²) < 4.78 is 11.0. The number of para-hydroxylation sites is 1. The molecule has 0 spiro atoms. The van der Waals surface area contributed by atoms with Crippen LogP contribution in [0.25, 0.3) is 0 Å². The van der Waals surface area contributed by atoms with Crippen LogP contribution in [0.5, 0.6) is 5.75 Å². The minimum Gasteiger partial charge on any atom is -0.491 e. The second-order valence-corrected chi connectivity index (χ2v) is 4.37. The lowest BCUT2D eigenvalue weighted by atomic mass is 10.3. The molecule has 0 fully saturated rings. The smallest absolute Gasteiger partial charge is 0.233 e. The maximum atomic E-state index is 10.9. The molecule has 1 aromatic carbocycles.